The van der Waals surface area contributed by atoms with Crippen molar-refractivity contribution in [3.8, 4) is 0 Å². The molecule has 22 heavy (non-hydrogen) atoms. The first-order valence-electron chi connectivity index (χ1n) is 8.07. The van der Waals surface area contributed by atoms with E-state index in [9.17, 15) is 4.79 Å². The fourth-order valence-electron chi connectivity index (χ4n) is 3.71. The molecule has 2 heterocycles. The SMILES string of the molecule is O=C(CC1CCc2ccccc21)N1CC(c2cccnc2)C1. The Morgan fingerprint density at radius 2 is 2.05 bits per heavy atom. The van der Waals surface area contributed by atoms with E-state index in [4.69, 9.17) is 0 Å². The van der Waals surface area contributed by atoms with Gasteiger partial charge in [0, 0.05) is 37.8 Å². The number of hydrogen-bond donors (Lipinski definition) is 0. The zero-order chi connectivity index (χ0) is 14.9. The van der Waals surface area contributed by atoms with Crippen LogP contribution < -0.4 is 0 Å². The summed E-state index contributed by atoms with van der Waals surface area (Å²) in [6.07, 6.45) is 6.61. The molecular formula is C19H20N2O. The van der Waals surface area contributed by atoms with Crippen LogP contribution in [0.3, 0.4) is 0 Å². The first-order chi connectivity index (χ1) is 10.8. The largest absolute Gasteiger partial charge is 0.341 e. The number of carbonyl (C=O) groups excluding carboxylic acids is 1. The van der Waals surface area contributed by atoms with Crippen molar-refractivity contribution in [3.63, 3.8) is 0 Å². The number of carbonyl (C=O) groups is 1. The smallest absolute Gasteiger partial charge is 0.223 e. The molecule has 1 amide bonds. The van der Waals surface area contributed by atoms with Crippen molar-refractivity contribution in [3.05, 3.63) is 65.5 Å². The van der Waals surface area contributed by atoms with Crippen molar-refractivity contribution >= 4 is 5.91 Å². The van der Waals surface area contributed by atoms with Crippen molar-refractivity contribution in [1.29, 1.82) is 0 Å². The minimum Gasteiger partial charge on any atom is -0.341 e. The summed E-state index contributed by atoms with van der Waals surface area (Å²) >= 11 is 0. The highest BCUT2D eigenvalue weighted by atomic mass is 16.2. The topological polar surface area (TPSA) is 33.2 Å². The van der Waals surface area contributed by atoms with E-state index in [-0.39, 0.29) is 0 Å². The molecule has 1 aromatic carbocycles. The van der Waals surface area contributed by atoms with Gasteiger partial charge in [-0.1, -0.05) is 30.3 Å². The van der Waals surface area contributed by atoms with Gasteiger partial charge in [-0.25, -0.2) is 0 Å². The van der Waals surface area contributed by atoms with Gasteiger partial charge in [0.2, 0.25) is 5.91 Å². The van der Waals surface area contributed by atoms with Gasteiger partial charge in [0.25, 0.3) is 0 Å². The van der Waals surface area contributed by atoms with Crippen LogP contribution >= 0.6 is 0 Å². The van der Waals surface area contributed by atoms with Crippen molar-refractivity contribution in [2.45, 2.75) is 31.1 Å². The minimum absolute atomic E-state index is 0.307. The molecule has 112 valence electrons. The summed E-state index contributed by atoms with van der Waals surface area (Å²) < 4.78 is 0. The fourth-order valence-corrected chi connectivity index (χ4v) is 3.71. The first kappa shape index (κ1) is 13.5. The fraction of sp³-hybridized carbons (Fsp3) is 0.368. The minimum atomic E-state index is 0.307. The Balaban J connectivity index is 1.35. The number of rotatable bonds is 3. The second-order valence-corrected chi connectivity index (χ2v) is 6.42. The highest BCUT2D eigenvalue weighted by Gasteiger charge is 2.34. The van der Waals surface area contributed by atoms with Crippen molar-refractivity contribution < 1.29 is 4.79 Å². The van der Waals surface area contributed by atoms with E-state index >= 15 is 0 Å². The maximum absolute atomic E-state index is 12.5. The number of nitrogens with zero attached hydrogens (tertiary/aromatic N) is 2. The number of likely N-dealkylation sites (tertiary alicyclic amines) is 1. The Bertz CT molecular complexity index is 677. The molecule has 0 saturated carbocycles. The van der Waals surface area contributed by atoms with Gasteiger partial charge in [-0.3, -0.25) is 9.78 Å². The van der Waals surface area contributed by atoms with Crippen molar-refractivity contribution in [2.24, 2.45) is 0 Å². The molecule has 1 aromatic heterocycles. The molecule has 0 N–H and O–H groups in total. The maximum Gasteiger partial charge on any atom is 0.223 e. The van der Waals surface area contributed by atoms with Crippen LogP contribution in [0.5, 0.6) is 0 Å². The molecule has 0 spiro atoms. The van der Waals surface area contributed by atoms with Gasteiger partial charge in [0.05, 0.1) is 0 Å². The van der Waals surface area contributed by atoms with E-state index in [2.05, 4.69) is 35.3 Å². The standard InChI is InChI=1S/C19H20N2O/c22-19(10-15-8-7-14-4-1-2-6-18(14)15)21-12-17(13-21)16-5-3-9-20-11-16/h1-6,9,11,15,17H,7-8,10,12-13H2. The van der Waals surface area contributed by atoms with Gasteiger partial charge >= 0.3 is 0 Å². The summed E-state index contributed by atoms with van der Waals surface area (Å²) in [5.74, 6) is 1.19. The summed E-state index contributed by atoms with van der Waals surface area (Å²) in [4.78, 5) is 18.6. The Kier molecular flexibility index (Phi) is 3.41. The van der Waals surface area contributed by atoms with Crippen LogP contribution in [0.1, 0.15) is 41.4 Å². The van der Waals surface area contributed by atoms with Gasteiger partial charge in [-0.05, 0) is 41.5 Å². The predicted octanol–water partition coefficient (Wildman–Crippen LogP) is 3.13. The van der Waals surface area contributed by atoms with Crippen LogP contribution in [0.2, 0.25) is 0 Å². The molecule has 1 fully saturated rings. The maximum atomic E-state index is 12.5. The van der Waals surface area contributed by atoms with Crippen LogP contribution in [0.25, 0.3) is 0 Å². The third kappa shape index (κ3) is 2.41. The molecule has 3 heteroatoms. The van der Waals surface area contributed by atoms with Crippen LogP contribution in [-0.2, 0) is 11.2 Å². The lowest BCUT2D eigenvalue weighted by molar-refractivity contribution is -0.136. The van der Waals surface area contributed by atoms with E-state index in [1.165, 1.54) is 16.7 Å². The zero-order valence-electron chi connectivity index (χ0n) is 12.6. The van der Waals surface area contributed by atoms with E-state index in [1.807, 2.05) is 17.2 Å². The Morgan fingerprint density at radius 3 is 2.86 bits per heavy atom. The van der Waals surface area contributed by atoms with E-state index in [0.717, 1.165) is 25.9 Å². The van der Waals surface area contributed by atoms with Crippen LogP contribution in [0.4, 0.5) is 0 Å². The molecule has 1 aliphatic carbocycles. The van der Waals surface area contributed by atoms with Gasteiger partial charge in [0.15, 0.2) is 0 Å². The Labute approximate surface area is 131 Å². The number of aryl methyl sites for hydroxylation is 1. The summed E-state index contributed by atoms with van der Waals surface area (Å²) in [5.41, 5.74) is 4.06. The second-order valence-electron chi connectivity index (χ2n) is 6.42. The van der Waals surface area contributed by atoms with Crippen molar-refractivity contribution in [2.75, 3.05) is 13.1 Å². The second kappa shape index (κ2) is 5.56. The lowest BCUT2D eigenvalue weighted by Gasteiger charge is -2.40. The zero-order valence-corrected chi connectivity index (χ0v) is 12.6. The van der Waals surface area contributed by atoms with E-state index in [1.54, 1.807) is 6.20 Å². The third-order valence-electron chi connectivity index (χ3n) is 5.07. The molecule has 0 bridgehead atoms. The Morgan fingerprint density at radius 1 is 1.18 bits per heavy atom. The number of aromatic nitrogens is 1. The van der Waals surface area contributed by atoms with Gasteiger partial charge in [0.1, 0.15) is 0 Å². The highest BCUT2D eigenvalue weighted by Crippen LogP contribution is 2.36. The molecule has 1 unspecified atom stereocenters. The summed E-state index contributed by atoms with van der Waals surface area (Å²) in [7, 11) is 0. The number of benzene rings is 1. The number of pyridine rings is 1. The first-order valence-corrected chi connectivity index (χ1v) is 8.07. The number of amides is 1. The lowest BCUT2D eigenvalue weighted by atomic mass is 9.90. The van der Waals surface area contributed by atoms with Gasteiger partial charge in [-0.2, -0.15) is 0 Å². The quantitative estimate of drug-likeness (QED) is 0.871. The summed E-state index contributed by atoms with van der Waals surface area (Å²) in [5, 5.41) is 0. The highest BCUT2D eigenvalue weighted by molar-refractivity contribution is 5.78. The molecule has 2 aromatic rings. The average molecular weight is 292 g/mol. The summed E-state index contributed by atoms with van der Waals surface area (Å²) in [6.45, 7) is 1.69. The number of hydrogen-bond acceptors (Lipinski definition) is 2. The normalized spacial score (nSPS) is 20.5. The molecule has 4 rings (SSSR count). The predicted molar refractivity (Wildman–Crippen MR) is 85.7 cm³/mol. The van der Waals surface area contributed by atoms with Crippen LogP contribution in [0.15, 0.2) is 48.8 Å². The van der Waals surface area contributed by atoms with Gasteiger partial charge in [-0.15, -0.1) is 0 Å². The van der Waals surface area contributed by atoms with Gasteiger partial charge < -0.3 is 4.90 Å². The molecule has 1 saturated heterocycles. The monoisotopic (exact) mass is 292 g/mol. The molecule has 2 aliphatic rings. The van der Waals surface area contributed by atoms with Crippen LogP contribution in [-0.4, -0.2) is 28.9 Å². The van der Waals surface area contributed by atoms with E-state index < -0.39 is 0 Å². The lowest BCUT2D eigenvalue weighted by Crippen LogP contribution is -2.48. The molecule has 1 aliphatic heterocycles. The summed E-state index contributed by atoms with van der Waals surface area (Å²) in [6, 6.07) is 12.6. The third-order valence-corrected chi connectivity index (χ3v) is 5.07. The molecule has 1 atom stereocenters. The average Bonchev–Trinajstić information content (AvgIpc) is 2.90. The van der Waals surface area contributed by atoms with Crippen LogP contribution in [0, 0.1) is 0 Å². The Hall–Kier alpha value is -2.16. The van der Waals surface area contributed by atoms with E-state index in [0.29, 0.717) is 24.2 Å². The van der Waals surface area contributed by atoms with Crippen molar-refractivity contribution in [1.82, 2.24) is 9.88 Å². The molecular weight excluding hydrogens is 272 g/mol. The molecule has 0 radical (unpaired) electrons. The molecule has 3 nitrogen and oxygen atoms in total. The number of fused-ring (bicyclic) bond motifs is 1.